The van der Waals surface area contributed by atoms with Gasteiger partial charge in [-0.15, -0.1) is 0 Å². The molecule has 0 aromatic heterocycles. The van der Waals surface area contributed by atoms with Crippen LogP contribution < -0.4 is 10.2 Å². The molecule has 0 fully saturated rings. The van der Waals surface area contributed by atoms with E-state index >= 15 is 0 Å². The molecule has 0 aliphatic carbocycles. The van der Waals surface area contributed by atoms with E-state index in [1.54, 1.807) is 4.90 Å². The first-order valence-corrected chi connectivity index (χ1v) is 8.63. The molecule has 24 heavy (non-hydrogen) atoms. The molecule has 1 N–H and O–H groups in total. The van der Waals surface area contributed by atoms with Crippen LogP contribution in [0.15, 0.2) is 46.9 Å². The Kier molecular flexibility index (Phi) is 6.15. The van der Waals surface area contributed by atoms with Crippen LogP contribution in [0.1, 0.15) is 24.5 Å². The van der Waals surface area contributed by atoms with E-state index in [9.17, 15) is 9.59 Å². The molecule has 0 saturated carbocycles. The second-order valence-electron chi connectivity index (χ2n) is 5.67. The summed E-state index contributed by atoms with van der Waals surface area (Å²) < 4.78 is 0.918. The maximum absolute atomic E-state index is 12.5. The summed E-state index contributed by atoms with van der Waals surface area (Å²) in [7, 11) is 0. The van der Waals surface area contributed by atoms with Gasteiger partial charge in [-0.3, -0.25) is 9.59 Å². The lowest BCUT2D eigenvalue weighted by atomic mass is 10.2. The van der Waals surface area contributed by atoms with Crippen LogP contribution in [0.3, 0.4) is 0 Å². The molecule has 0 spiro atoms. The highest BCUT2D eigenvalue weighted by Gasteiger charge is 2.18. The monoisotopic (exact) mass is 388 g/mol. The molecule has 2 aromatic rings. The Morgan fingerprint density at radius 2 is 1.88 bits per heavy atom. The van der Waals surface area contributed by atoms with Crippen molar-refractivity contribution in [2.24, 2.45) is 0 Å². The molecular weight excluding hydrogens is 368 g/mol. The number of carbonyl (C=O) groups is 2. The minimum Gasteiger partial charge on any atom is -0.326 e. The fraction of sp³-hybridized carbons (Fsp3) is 0.263. The van der Waals surface area contributed by atoms with E-state index in [1.807, 2.05) is 63.2 Å². The van der Waals surface area contributed by atoms with Gasteiger partial charge in [0.2, 0.25) is 11.8 Å². The maximum atomic E-state index is 12.5. The van der Waals surface area contributed by atoms with Gasteiger partial charge in [0.05, 0.1) is 0 Å². The van der Waals surface area contributed by atoms with Crippen molar-refractivity contribution in [3.05, 3.63) is 58.1 Å². The van der Waals surface area contributed by atoms with Gasteiger partial charge < -0.3 is 10.2 Å². The predicted octanol–water partition coefficient (Wildman–Crippen LogP) is 4.45. The van der Waals surface area contributed by atoms with Crippen LogP contribution in [0.2, 0.25) is 0 Å². The Morgan fingerprint density at radius 1 is 1.12 bits per heavy atom. The maximum Gasteiger partial charge on any atom is 0.236 e. The van der Waals surface area contributed by atoms with Crippen molar-refractivity contribution in [1.82, 2.24) is 0 Å². The van der Waals surface area contributed by atoms with Crippen LogP contribution in [0.5, 0.6) is 0 Å². The second kappa shape index (κ2) is 8.11. The molecule has 0 unspecified atom stereocenters. The standard InChI is InChI=1S/C19H21BrN2O2/c1-4-22(16-7-5-6-13(2)10-16)19(24)12-18(23)21-15-9-8-14(3)17(20)11-15/h5-11H,4,12H2,1-3H3,(H,21,23). The number of nitrogens with zero attached hydrogens (tertiary/aromatic N) is 1. The number of hydrogen-bond donors (Lipinski definition) is 1. The Labute approximate surface area is 151 Å². The highest BCUT2D eigenvalue weighted by Crippen LogP contribution is 2.21. The zero-order chi connectivity index (χ0) is 17.7. The first-order chi connectivity index (χ1) is 11.4. The molecule has 2 rings (SSSR count). The third kappa shape index (κ3) is 4.68. The average Bonchev–Trinajstić information content (AvgIpc) is 2.51. The summed E-state index contributed by atoms with van der Waals surface area (Å²) in [4.78, 5) is 26.3. The molecule has 0 aliphatic rings. The minimum absolute atomic E-state index is 0.187. The van der Waals surface area contributed by atoms with E-state index in [0.29, 0.717) is 12.2 Å². The largest absolute Gasteiger partial charge is 0.326 e. The predicted molar refractivity (Wildman–Crippen MR) is 101 cm³/mol. The smallest absolute Gasteiger partial charge is 0.236 e. The summed E-state index contributed by atoms with van der Waals surface area (Å²) in [6, 6.07) is 13.3. The summed E-state index contributed by atoms with van der Waals surface area (Å²) in [6.45, 7) is 6.37. The van der Waals surface area contributed by atoms with E-state index in [4.69, 9.17) is 0 Å². The van der Waals surface area contributed by atoms with E-state index < -0.39 is 0 Å². The molecule has 0 saturated heterocycles. The summed E-state index contributed by atoms with van der Waals surface area (Å²) >= 11 is 3.43. The fourth-order valence-corrected chi connectivity index (χ4v) is 2.79. The van der Waals surface area contributed by atoms with E-state index in [2.05, 4.69) is 21.2 Å². The van der Waals surface area contributed by atoms with Gasteiger partial charge in [0, 0.05) is 22.4 Å². The van der Waals surface area contributed by atoms with Crippen LogP contribution >= 0.6 is 15.9 Å². The zero-order valence-corrected chi connectivity index (χ0v) is 15.7. The average molecular weight is 389 g/mol. The van der Waals surface area contributed by atoms with Crippen molar-refractivity contribution in [3.8, 4) is 0 Å². The van der Waals surface area contributed by atoms with Crippen molar-refractivity contribution in [1.29, 1.82) is 0 Å². The van der Waals surface area contributed by atoms with Crippen molar-refractivity contribution in [3.63, 3.8) is 0 Å². The van der Waals surface area contributed by atoms with Crippen molar-refractivity contribution in [2.75, 3.05) is 16.8 Å². The number of halogens is 1. The third-order valence-corrected chi connectivity index (χ3v) is 4.55. The topological polar surface area (TPSA) is 49.4 Å². The normalized spacial score (nSPS) is 10.3. The van der Waals surface area contributed by atoms with Gasteiger partial charge in [0.15, 0.2) is 0 Å². The number of aryl methyl sites for hydroxylation is 2. The Hall–Kier alpha value is -2.14. The van der Waals surface area contributed by atoms with Crippen LogP contribution in [0, 0.1) is 13.8 Å². The number of carbonyl (C=O) groups excluding carboxylic acids is 2. The summed E-state index contributed by atoms with van der Waals surface area (Å²) in [5.41, 5.74) is 3.64. The minimum atomic E-state index is -0.318. The fourth-order valence-electron chi connectivity index (χ4n) is 2.41. The number of hydrogen-bond acceptors (Lipinski definition) is 2. The molecule has 0 bridgehead atoms. The zero-order valence-electron chi connectivity index (χ0n) is 14.1. The first-order valence-electron chi connectivity index (χ1n) is 7.83. The lowest BCUT2D eigenvalue weighted by Crippen LogP contribution is -2.33. The van der Waals surface area contributed by atoms with Crippen LogP contribution in [-0.4, -0.2) is 18.4 Å². The third-order valence-electron chi connectivity index (χ3n) is 3.70. The SMILES string of the molecule is CCN(C(=O)CC(=O)Nc1ccc(C)c(Br)c1)c1cccc(C)c1. The molecule has 2 amide bonds. The summed E-state index contributed by atoms with van der Waals surface area (Å²) in [6.07, 6.45) is -0.187. The van der Waals surface area contributed by atoms with Crippen LogP contribution in [0.25, 0.3) is 0 Å². The van der Waals surface area contributed by atoms with Crippen molar-refractivity contribution >= 4 is 39.1 Å². The lowest BCUT2D eigenvalue weighted by Gasteiger charge is -2.21. The van der Waals surface area contributed by atoms with Gasteiger partial charge in [0.1, 0.15) is 6.42 Å². The Bertz CT molecular complexity index is 759. The Balaban J connectivity index is 2.04. The lowest BCUT2D eigenvalue weighted by molar-refractivity contribution is -0.125. The van der Waals surface area contributed by atoms with Gasteiger partial charge in [-0.25, -0.2) is 0 Å². The first kappa shape index (κ1) is 18.2. The second-order valence-corrected chi connectivity index (χ2v) is 6.52. The molecule has 0 heterocycles. The molecule has 5 heteroatoms. The van der Waals surface area contributed by atoms with Crippen molar-refractivity contribution < 1.29 is 9.59 Å². The van der Waals surface area contributed by atoms with Crippen LogP contribution in [0.4, 0.5) is 11.4 Å². The molecule has 0 atom stereocenters. The van der Waals surface area contributed by atoms with Gasteiger partial charge in [-0.1, -0.05) is 34.1 Å². The number of amides is 2. The number of rotatable bonds is 5. The number of nitrogens with one attached hydrogen (secondary N) is 1. The van der Waals surface area contributed by atoms with Crippen molar-refractivity contribution in [2.45, 2.75) is 27.2 Å². The molecule has 4 nitrogen and oxygen atoms in total. The molecule has 0 aliphatic heterocycles. The van der Waals surface area contributed by atoms with E-state index in [0.717, 1.165) is 21.3 Å². The highest BCUT2D eigenvalue weighted by molar-refractivity contribution is 9.10. The summed E-state index contributed by atoms with van der Waals surface area (Å²) in [5.74, 6) is -0.534. The number of anilines is 2. The summed E-state index contributed by atoms with van der Waals surface area (Å²) in [5, 5.41) is 2.77. The van der Waals surface area contributed by atoms with Gasteiger partial charge in [0.25, 0.3) is 0 Å². The molecular formula is C19H21BrN2O2. The Morgan fingerprint density at radius 3 is 2.50 bits per heavy atom. The van der Waals surface area contributed by atoms with Gasteiger partial charge >= 0.3 is 0 Å². The van der Waals surface area contributed by atoms with Crippen LogP contribution in [-0.2, 0) is 9.59 Å². The molecule has 0 radical (unpaired) electrons. The highest BCUT2D eigenvalue weighted by atomic mass is 79.9. The molecule has 2 aromatic carbocycles. The quantitative estimate of drug-likeness (QED) is 0.769. The molecule has 126 valence electrons. The van der Waals surface area contributed by atoms with E-state index in [-0.39, 0.29) is 18.2 Å². The van der Waals surface area contributed by atoms with E-state index in [1.165, 1.54) is 0 Å². The number of benzene rings is 2. The van der Waals surface area contributed by atoms with Gasteiger partial charge in [-0.2, -0.15) is 0 Å². The van der Waals surface area contributed by atoms with Gasteiger partial charge in [-0.05, 0) is 56.2 Å².